The first-order valence-electron chi connectivity index (χ1n) is 20.9. The highest BCUT2D eigenvalue weighted by Crippen LogP contribution is 2.15. The molecule has 0 fully saturated rings. The number of amides is 7. The molecule has 0 bridgehead atoms. The Morgan fingerprint density at radius 1 is 0.694 bits per heavy atom. The number of carboxylic acids is 1. The third kappa shape index (κ3) is 18.7. The number of phenols is 1. The SMILES string of the molecule is CCCC[C@H](NC(=O)[C@H](CC(C)C)N(C)C(=O)CNC(=O)[C@H](Cc1ccc(O)cc1)NC(=O)[C@H](Cc1ccccc1)NC(=O)[C@H](CCCCN)NC(=O)[C@@H](N)CC(=O)O)C(N)=O. The summed E-state index contributed by atoms with van der Waals surface area (Å²) in [4.78, 5) is 106. The van der Waals surface area contributed by atoms with E-state index in [0.717, 1.165) is 6.42 Å². The molecule has 0 aliphatic heterocycles. The zero-order valence-corrected chi connectivity index (χ0v) is 36.1. The Hall–Kier alpha value is -6.08. The van der Waals surface area contributed by atoms with E-state index in [0.29, 0.717) is 43.4 Å². The lowest BCUT2D eigenvalue weighted by atomic mass is 10.0. The van der Waals surface area contributed by atoms with Crippen molar-refractivity contribution in [2.45, 2.75) is 121 Å². The minimum Gasteiger partial charge on any atom is -0.508 e. The van der Waals surface area contributed by atoms with Gasteiger partial charge in [-0.05, 0) is 67.8 Å². The molecule has 0 aliphatic carbocycles. The highest BCUT2D eigenvalue weighted by molar-refractivity contribution is 5.97. The first-order chi connectivity index (χ1) is 29.4. The summed E-state index contributed by atoms with van der Waals surface area (Å²) in [6.07, 6.45) is 2.13. The van der Waals surface area contributed by atoms with Crippen molar-refractivity contribution < 1.29 is 48.6 Å². The molecule has 2 aromatic carbocycles. The Balaban J connectivity index is 2.39. The summed E-state index contributed by atoms with van der Waals surface area (Å²) in [7, 11) is 1.41. The van der Waals surface area contributed by atoms with E-state index in [1.165, 1.54) is 24.1 Å². The largest absolute Gasteiger partial charge is 0.508 e. The number of benzene rings is 2. The summed E-state index contributed by atoms with van der Waals surface area (Å²) in [5.41, 5.74) is 18.1. The van der Waals surface area contributed by atoms with Crippen LogP contribution in [0, 0.1) is 5.92 Å². The van der Waals surface area contributed by atoms with Crippen molar-refractivity contribution >= 4 is 47.3 Å². The highest BCUT2D eigenvalue weighted by atomic mass is 16.4. The van der Waals surface area contributed by atoms with Gasteiger partial charge in [-0.25, -0.2) is 0 Å². The average molecular weight is 868 g/mol. The predicted molar refractivity (Wildman–Crippen MR) is 231 cm³/mol. The van der Waals surface area contributed by atoms with Crippen molar-refractivity contribution in [3.63, 3.8) is 0 Å². The average Bonchev–Trinajstić information content (AvgIpc) is 3.22. The summed E-state index contributed by atoms with van der Waals surface area (Å²) in [6.45, 7) is 5.39. The van der Waals surface area contributed by atoms with Crippen LogP contribution in [0.25, 0.3) is 0 Å². The highest BCUT2D eigenvalue weighted by Gasteiger charge is 2.33. The van der Waals surface area contributed by atoms with Crippen LogP contribution in [0.5, 0.6) is 5.75 Å². The molecule has 19 heteroatoms. The molecule has 62 heavy (non-hydrogen) atoms. The van der Waals surface area contributed by atoms with Gasteiger partial charge in [-0.2, -0.15) is 0 Å². The Bertz CT molecular complexity index is 1800. The maximum absolute atomic E-state index is 14.2. The third-order valence-corrected chi connectivity index (χ3v) is 10.0. The van der Waals surface area contributed by atoms with Gasteiger partial charge < -0.3 is 58.9 Å². The van der Waals surface area contributed by atoms with Crippen LogP contribution in [0.15, 0.2) is 54.6 Å². The van der Waals surface area contributed by atoms with E-state index in [1.54, 1.807) is 42.5 Å². The molecule has 0 spiro atoms. The fraction of sp³-hybridized carbons (Fsp3) is 0.535. The summed E-state index contributed by atoms with van der Waals surface area (Å²) >= 11 is 0. The fourth-order valence-electron chi connectivity index (χ4n) is 6.44. The quantitative estimate of drug-likeness (QED) is 0.0494. The van der Waals surface area contributed by atoms with E-state index in [1.807, 2.05) is 20.8 Å². The standard InChI is InChI=1S/C43H65N9O10/c1-5-6-14-31(38(46)57)48-43(62)35(21-26(2)3)52(4)36(54)25-47-40(59)33(23-28-16-18-29(53)19-17-28)50-42(61)34(22-27-12-8-7-9-13-27)51-41(60)32(15-10-11-20-44)49-39(58)30(45)24-37(55)56/h7-9,12-13,16-19,26,30-35,53H,5-6,10-11,14-15,20-25,44-45H2,1-4H3,(H2,46,57)(H,47,59)(H,48,62)(H,49,58)(H,50,61)(H,51,60)(H,55,56)/t30-,31-,32-,33-,34-,35-/m0/s1. The Morgan fingerprint density at radius 2 is 1.23 bits per heavy atom. The first kappa shape index (κ1) is 52.1. The van der Waals surface area contributed by atoms with E-state index in [4.69, 9.17) is 22.3 Å². The van der Waals surface area contributed by atoms with Crippen LogP contribution in [-0.4, -0.2) is 119 Å². The van der Waals surface area contributed by atoms with Crippen molar-refractivity contribution in [2.75, 3.05) is 20.1 Å². The molecular weight excluding hydrogens is 803 g/mol. The van der Waals surface area contributed by atoms with Gasteiger partial charge in [-0.3, -0.25) is 38.4 Å². The molecule has 0 aliphatic rings. The smallest absolute Gasteiger partial charge is 0.305 e. The van der Waals surface area contributed by atoms with Gasteiger partial charge in [-0.1, -0.05) is 76.1 Å². The molecule has 19 nitrogen and oxygen atoms in total. The summed E-state index contributed by atoms with van der Waals surface area (Å²) in [6, 6.07) is 7.32. The number of rotatable bonds is 28. The first-order valence-corrected chi connectivity index (χ1v) is 20.9. The Morgan fingerprint density at radius 3 is 1.77 bits per heavy atom. The van der Waals surface area contributed by atoms with Gasteiger partial charge in [0.05, 0.1) is 19.0 Å². The van der Waals surface area contributed by atoms with Gasteiger partial charge >= 0.3 is 5.97 Å². The van der Waals surface area contributed by atoms with Crippen molar-refractivity contribution in [3.05, 3.63) is 65.7 Å². The van der Waals surface area contributed by atoms with Gasteiger partial charge in [0.25, 0.3) is 0 Å². The molecule has 2 aromatic rings. The number of likely N-dealkylation sites (N-methyl/N-ethyl adjacent to an activating group) is 1. The molecule has 13 N–H and O–H groups in total. The Kier molecular flexibility index (Phi) is 22.7. The van der Waals surface area contributed by atoms with Crippen molar-refractivity contribution in [3.8, 4) is 5.75 Å². The molecule has 2 rings (SSSR count). The van der Waals surface area contributed by atoms with Crippen molar-refractivity contribution in [1.29, 1.82) is 0 Å². The van der Waals surface area contributed by atoms with Crippen LogP contribution in [0.1, 0.15) is 83.3 Å². The van der Waals surface area contributed by atoms with Crippen LogP contribution < -0.4 is 43.8 Å². The maximum Gasteiger partial charge on any atom is 0.305 e. The number of aromatic hydroxyl groups is 1. The van der Waals surface area contributed by atoms with E-state index in [2.05, 4.69) is 26.6 Å². The second-order valence-electron chi connectivity index (χ2n) is 15.7. The number of nitrogens with one attached hydrogen (secondary N) is 5. The Labute approximate surface area is 362 Å². The number of primary amides is 1. The normalized spacial score (nSPS) is 13.9. The molecule has 7 amide bonds. The predicted octanol–water partition coefficient (Wildman–Crippen LogP) is -0.288. The zero-order valence-electron chi connectivity index (χ0n) is 36.1. The number of hydrogen-bond acceptors (Lipinski definition) is 11. The molecular formula is C43H65N9O10. The summed E-state index contributed by atoms with van der Waals surface area (Å²) in [5.74, 6) is -6.53. The number of phenolic OH excluding ortho intramolecular Hbond substituents is 1. The molecule has 342 valence electrons. The number of carboxylic acid groups (broad SMARTS) is 1. The number of aliphatic carboxylic acids is 1. The molecule has 6 atom stereocenters. The number of nitrogens with two attached hydrogens (primary N) is 3. The lowest BCUT2D eigenvalue weighted by Gasteiger charge is -2.30. The molecule has 0 saturated heterocycles. The molecule has 0 unspecified atom stereocenters. The van der Waals surface area contributed by atoms with Gasteiger partial charge in [0.1, 0.15) is 36.0 Å². The summed E-state index contributed by atoms with van der Waals surface area (Å²) in [5, 5.41) is 32.1. The monoisotopic (exact) mass is 867 g/mol. The van der Waals surface area contributed by atoms with Crippen molar-refractivity contribution in [2.24, 2.45) is 23.1 Å². The second kappa shape index (κ2) is 27.0. The maximum atomic E-state index is 14.2. The topological polar surface area (TPSA) is 318 Å². The minimum absolute atomic E-state index is 0.0393. The van der Waals surface area contributed by atoms with Crippen molar-refractivity contribution in [1.82, 2.24) is 31.5 Å². The molecule has 0 heterocycles. The van der Waals surface area contributed by atoms with Crippen LogP contribution in [0.4, 0.5) is 0 Å². The number of hydrogen-bond donors (Lipinski definition) is 10. The van der Waals surface area contributed by atoms with Crippen LogP contribution in [0.3, 0.4) is 0 Å². The van der Waals surface area contributed by atoms with Gasteiger partial charge in [0, 0.05) is 19.9 Å². The molecule has 0 saturated carbocycles. The second-order valence-corrected chi connectivity index (χ2v) is 15.7. The number of carbonyl (C=O) groups excluding carboxylic acids is 7. The third-order valence-electron chi connectivity index (χ3n) is 10.0. The number of nitrogens with zero attached hydrogens (tertiary/aromatic N) is 1. The van der Waals surface area contributed by atoms with Gasteiger partial charge in [0.15, 0.2) is 0 Å². The van der Waals surface area contributed by atoms with E-state index >= 15 is 0 Å². The molecule has 0 aromatic heterocycles. The number of carbonyl (C=O) groups is 8. The van der Waals surface area contributed by atoms with E-state index < -0.39 is 96.5 Å². The van der Waals surface area contributed by atoms with E-state index in [9.17, 15) is 43.5 Å². The fourth-order valence-corrected chi connectivity index (χ4v) is 6.44. The van der Waals surface area contributed by atoms with E-state index in [-0.39, 0.29) is 37.4 Å². The van der Waals surface area contributed by atoms with Gasteiger partial charge in [0.2, 0.25) is 41.4 Å². The van der Waals surface area contributed by atoms with Crippen LogP contribution in [0.2, 0.25) is 0 Å². The lowest BCUT2D eigenvalue weighted by Crippen LogP contribution is -2.59. The minimum atomic E-state index is -1.45. The van der Waals surface area contributed by atoms with Crippen LogP contribution in [-0.2, 0) is 51.2 Å². The zero-order chi connectivity index (χ0) is 46.4. The van der Waals surface area contributed by atoms with Gasteiger partial charge in [-0.15, -0.1) is 0 Å². The number of unbranched alkanes of at least 4 members (excludes halogenated alkanes) is 2. The summed E-state index contributed by atoms with van der Waals surface area (Å²) < 4.78 is 0. The molecule has 0 radical (unpaired) electrons. The lowest BCUT2D eigenvalue weighted by molar-refractivity contribution is -0.141. The van der Waals surface area contributed by atoms with Crippen LogP contribution >= 0.6 is 0 Å².